The molecule has 3 aliphatic heterocycles. The van der Waals surface area contributed by atoms with Crippen LogP contribution in [-0.2, 0) is 11.3 Å². The average molecular weight is 527 g/mol. The number of hydrogen-bond acceptors (Lipinski definition) is 6. The number of nitrogens with one attached hydrogen (secondary N) is 2. The molecule has 1 aromatic carbocycles. The van der Waals surface area contributed by atoms with Gasteiger partial charge in [-0.15, -0.1) is 0 Å². The lowest BCUT2D eigenvalue weighted by Crippen LogP contribution is -2.53. The second-order valence-electron chi connectivity index (χ2n) is 10.3. The Morgan fingerprint density at radius 2 is 1.37 bits per heavy atom. The van der Waals surface area contributed by atoms with Gasteiger partial charge in [-0.3, -0.25) is 25.3 Å². The van der Waals surface area contributed by atoms with Gasteiger partial charge in [0.25, 0.3) is 5.91 Å². The van der Waals surface area contributed by atoms with Gasteiger partial charge in [-0.2, -0.15) is 0 Å². The van der Waals surface area contributed by atoms with Crippen LogP contribution in [0.25, 0.3) is 0 Å². The van der Waals surface area contributed by atoms with Gasteiger partial charge >= 0.3 is 5.97 Å². The first-order chi connectivity index (χ1) is 18.1. The standard InChI is InChI=1S/C26H38N8O4/c1-18(27)31-4-2-20(3-5-31)23(35)32-10-12-33(13-11-32)24(36)21-14-19(15-22(16-21)25(37)38)17-30-6-8-34(9-7-30)26(28)29/h14-16,20,27H,2-13,17H2,1H3,(H3,28,29)(H,37,38). The Hall–Kier alpha value is -3.67. The third-order valence-electron chi connectivity index (χ3n) is 7.80. The Labute approximate surface area is 223 Å². The minimum absolute atomic E-state index is 0.0417. The van der Waals surface area contributed by atoms with Gasteiger partial charge in [-0.05, 0) is 43.5 Å². The minimum Gasteiger partial charge on any atom is -0.478 e. The van der Waals surface area contributed by atoms with E-state index < -0.39 is 5.97 Å². The van der Waals surface area contributed by atoms with Crippen LogP contribution in [0.2, 0.25) is 0 Å². The summed E-state index contributed by atoms with van der Waals surface area (Å²) in [6.45, 7) is 8.08. The lowest BCUT2D eigenvalue weighted by atomic mass is 9.95. The Bertz CT molecular complexity index is 1080. The highest BCUT2D eigenvalue weighted by Crippen LogP contribution is 2.22. The molecular weight excluding hydrogens is 488 g/mol. The van der Waals surface area contributed by atoms with Gasteiger partial charge in [0.2, 0.25) is 5.91 Å². The molecule has 0 aliphatic carbocycles. The zero-order valence-corrected chi connectivity index (χ0v) is 22.0. The second kappa shape index (κ2) is 11.8. The van der Waals surface area contributed by atoms with E-state index in [1.54, 1.807) is 28.9 Å². The fourth-order valence-corrected chi connectivity index (χ4v) is 5.47. The van der Waals surface area contributed by atoms with E-state index in [0.29, 0.717) is 70.3 Å². The topological polar surface area (TPSA) is 161 Å². The van der Waals surface area contributed by atoms with Crippen molar-refractivity contribution >= 4 is 29.6 Å². The molecule has 12 nitrogen and oxygen atoms in total. The first kappa shape index (κ1) is 27.4. The van der Waals surface area contributed by atoms with E-state index in [2.05, 4.69) is 4.90 Å². The minimum atomic E-state index is -1.08. The largest absolute Gasteiger partial charge is 0.478 e. The summed E-state index contributed by atoms with van der Waals surface area (Å²) >= 11 is 0. The average Bonchev–Trinajstić information content (AvgIpc) is 2.92. The summed E-state index contributed by atoms with van der Waals surface area (Å²) in [7, 11) is 0. The summed E-state index contributed by atoms with van der Waals surface area (Å²) in [5.41, 5.74) is 6.75. The van der Waals surface area contributed by atoms with Crippen molar-refractivity contribution in [3.8, 4) is 0 Å². The molecule has 2 amide bonds. The number of piperidine rings is 1. The van der Waals surface area contributed by atoms with Crippen LogP contribution in [0.1, 0.15) is 46.0 Å². The summed E-state index contributed by atoms with van der Waals surface area (Å²) in [6.07, 6.45) is 1.48. The molecule has 0 bridgehead atoms. The smallest absolute Gasteiger partial charge is 0.335 e. The number of amides is 2. The number of carboxylic acids is 1. The molecule has 12 heteroatoms. The van der Waals surface area contributed by atoms with Gasteiger partial charge in [0.15, 0.2) is 5.96 Å². The highest BCUT2D eigenvalue weighted by Gasteiger charge is 2.32. The number of amidine groups is 1. The summed E-state index contributed by atoms with van der Waals surface area (Å²) in [5, 5.41) is 25.0. The molecule has 3 saturated heterocycles. The zero-order valence-electron chi connectivity index (χ0n) is 22.0. The van der Waals surface area contributed by atoms with Crippen molar-refractivity contribution in [2.45, 2.75) is 26.3 Å². The Morgan fingerprint density at radius 1 is 0.816 bits per heavy atom. The SMILES string of the molecule is CC(=N)N1CCC(C(=O)N2CCN(C(=O)c3cc(CN4CCN(C(=N)N)CC4)cc(C(=O)O)c3)CC2)CC1. The van der Waals surface area contributed by atoms with Crippen LogP contribution >= 0.6 is 0 Å². The van der Waals surface area contributed by atoms with Crippen LogP contribution in [0, 0.1) is 16.7 Å². The highest BCUT2D eigenvalue weighted by atomic mass is 16.4. The lowest BCUT2D eigenvalue weighted by Gasteiger charge is -2.39. The summed E-state index contributed by atoms with van der Waals surface area (Å²) in [6, 6.07) is 4.81. The second-order valence-corrected chi connectivity index (χ2v) is 10.3. The molecule has 0 unspecified atom stereocenters. The number of piperazine rings is 2. The number of nitrogens with zero attached hydrogens (tertiary/aromatic N) is 5. The van der Waals surface area contributed by atoms with Crippen molar-refractivity contribution < 1.29 is 19.5 Å². The monoisotopic (exact) mass is 526 g/mol. The number of rotatable bonds is 5. The maximum atomic E-state index is 13.4. The third kappa shape index (κ3) is 6.42. The molecule has 1 aromatic rings. The number of benzene rings is 1. The van der Waals surface area contributed by atoms with Crippen molar-refractivity contribution in [1.29, 1.82) is 10.8 Å². The molecule has 5 N–H and O–H groups in total. The first-order valence-corrected chi connectivity index (χ1v) is 13.2. The van der Waals surface area contributed by atoms with Gasteiger partial charge in [0.1, 0.15) is 0 Å². The quantitative estimate of drug-likeness (QED) is 0.316. The number of likely N-dealkylation sites (tertiary alicyclic amines) is 1. The maximum absolute atomic E-state index is 13.4. The lowest BCUT2D eigenvalue weighted by molar-refractivity contribution is -0.138. The predicted molar refractivity (Wildman–Crippen MR) is 142 cm³/mol. The van der Waals surface area contributed by atoms with E-state index >= 15 is 0 Å². The van der Waals surface area contributed by atoms with Crippen LogP contribution in [-0.4, -0.2) is 125 Å². The van der Waals surface area contributed by atoms with Crippen molar-refractivity contribution in [3.05, 3.63) is 34.9 Å². The van der Waals surface area contributed by atoms with Crippen molar-refractivity contribution in [1.82, 2.24) is 24.5 Å². The first-order valence-electron chi connectivity index (χ1n) is 13.2. The van der Waals surface area contributed by atoms with Gasteiger partial charge < -0.3 is 30.4 Å². The molecule has 3 aliphatic rings. The summed E-state index contributed by atoms with van der Waals surface area (Å²) in [5.74, 6) is -0.636. The molecule has 206 valence electrons. The summed E-state index contributed by atoms with van der Waals surface area (Å²) < 4.78 is 0. The van der Waals surface area contributed by atoms with E-state index in [1.807, 2.05) is 9.80 Å². The molecule has 0 radical (unpaired) electrons. The Kier molecular flexibility index (Phi) is 8.50. The molecular formula is C26H38N8O4. The third-order valence-corrected chi connectivity index (χ3v) is 7.80. The molecule has 38 heavy (non-hydrogen) atoms. The molecule has 0 atom stereocenters. The number of carbonyl (C=O) groups excluding carboxylic acids is 2. The van der Waals surface area contributed by atoms with Crippen LogP contribution in [0.3, 0.4) is 0 Å². The van der Waals surface area contributed by atoms with Crippen LogP contribution in [0.5, 0.6) is 0 Å². The van der Waals surface area contributed by atoms with E-state index in [0.717, 1.165) is 31.5 Å². The van der Waals surface area contributed by atoms with Crippen molar-refractivity contribution in [2.75, 3.05) is 65.4 Å². The number of hydrogen-bond donors (Lipinski definition) is 4. The van der Waals surface area contributed by atoms with Crippen LogP contribution < -0.4 is 5.73 Å². The van der Waals surface area contributed by atoms with E-state index in [4.69, 9.17) is 16.6 Å². The van der Waals surface area contributed by atoms with Crippen molar-refractivity contribution in [3.63, 3.8) is 0 Å². The van der Waals surface area contributed by atoms with Crippen LogP contribution in [0.15, 0.2) is 18.2 Å². The molecule has 0 aromatic heterocycles. The summed E-state index contributed by atoms with van der Waals surface area (Å²) in [4.78, 5) is 47.7. The molecule has 3 fully saturated rings. The Morgan fingerprint density at radius 3 is 1.92 bits per heavy atom. The van der Waals surface area contributed by atoms with Gasteiger partial charge in [0, 0.05) is 83.5 Å². The van der Waals surface area contributed by atoms with Crippen molar-refractivity contribution in [2.24, 2.45) is 11.7 Å². The van der Waals surface area contributed by atoms with Crippen LogP contribution in [0.4, 0.5) is 0 Å². The predicted octanol–water partition coefficient (Wildman–Crippen LogP) is 0.389. The number of carboxylic acid groups (broad SMARTS) is 1. The van der Waals surface area contributed by atoms with Gasteiger partial charge in [0.05, 0.1) is 11.4 Å². The zero-order chi connectivity index (χ0) is 27.4. The number of carbonyl (C=O) groups is 3. The highest BCUT2D eigenvalue weighted by molar-refractivity contribution is 5.98. The number of guanidine groups is 1. The maximum Gasteiger partial charge on any atom is 0.335 e. The van der Waals surface area contributed by atoms with E-state index in [-0.39, 0.29) is 29.3 Å². The molecule has 0 saturated carbocycles. The number of aromatic carboxylic acids is 1. The van der Waals surface area contributed by atoms with E-state index in [9.17, 15) is 19.5 Å². The molecule has 4 rings (SSSR count). The fourth-order valence-electron chi connectivity index (χ4n) is 5.47. The molecule has 3 heterocycles. The van der Waals surface area contributed by atoms with E-state index in [1.165, 1.54) is 6.07 Å². The fraction of sp³-hybridized carbons (Fsp3) is 0.577. The van der Waals surface area contributed by atoms with Gasteiger partial charge in [-0.25, -0.2) is 4.79 Å². The Balaban J connectivity index is 1.35. The van der Waals surface area contributed by atoms with Gasteiger partial charge in [-0.1, -0.05) is 0 Å². The molecule has 0 spiro atoms. The normalized spacial score (nSPS) is 19.4. The number of nitrogens with two attached hydrogens (primary N) is 1.